The average Bonchev–Trinajstić information content (AvgIpc) is 3.43. The molecule has 1 saturated carbocycles. The summed E-state index contributed by atoms with van der Waals surface area (Å²) in [7, 11) is 0. The number of hydrogen-bond acceptors (Lipinski definition) is 6. The van der Waals surface area contributed by atoms with Crippen molar-refractivity contribution in [1.29, 1.82) is 0 Å². The number of allylic oxidation sites excluding steroid dienone is 2. The predicted molar refractivity (Wildman–Crippen MR) is 119 cm³/mol. The van der Waals surface area contributed by atoms with Crippen LogP contribution in [0.25, 0.3) is 0 Å². The topological polar surface area (TPSA) is 122 Å². The Morgan fingerprint density at radius 1 is 0.970 bits per heavy atom. The number of benzene rings is 1. The molecular weight excluding hydrogens is 426 g/mol. The van der Waals surface area contributed by atoms with Gasteiger partial charge in [0.25, 0.3) is 5.91 Å². The zero-order valence-corrected chi connectivity index (χ0v) is 18.7. The molecule has 33 heavy (non-hydrogen) atoms. The van der Waals surface area contributed by atoms with Gasteiger partial charge in [0.05, 0.1) is 11.8 Å². The molecule has 1 heterocycles. The maximum absolute atomic E-state index is 13.1. The highest BCUT2D eigenvalue weighted by Gasteiger charge is 2.61. The van der Waals surface area contributed by atoms with E-state index in [-0.39, 0.29) is 35.5 Å². The minimum Gasteiger partial charge on any atom is -0.454 e. The number of amides is 4. The summed E-state index contributed by atoms with van der Waals surface area (Å²) in [6.45, 7) is 4.32. The molecule has 1 aromatic rings. The van der Waals surface area contributed by atoms with Crippen molar-refractivity contribution in [3.63, 3.8) is 0 Å². The van der Waals surface area contributed by atoms with E-state index in [0.717, 1.165) is 11.3 Å². The maximum atomic E-state index is 13.1. The monoisotopic (exact) mass is 453 g/mol. The Kier molecular flexibility index (Phi) is 6.05. The van der Waals surface area contributed by atoms with Crippen LogP contribution in [-0.4, -0.2) is 47.1 Å². The number of esters is 1. The molecular formula is C24H27N3O6. The smallest absolute Gasteiger partial charge is 0.330 e. The zero-order chi connectivity index (χ0) is 23.9. The second-order valence-corrected chi connectivity index (χ2v) is 9.15. The van der Waals surface area contributed by atoms with Crippen LogP contribution in [0.15, 0.2) is 36.4 Å². The Morgan fingerprint density at radius 2 is 1.48 bits per heavy atom. The number of carbonyl (C=O) groups is 5. The van der Waals surface area contributed by atoms with Gasteiger partial charge in [0, 0.05) is 18.3 Å². The van der Waals surface area contributed by atoms with Gasteiger partial charge in [-0.15, -0.1) is 0 Å². The van der Waals surface area contributed by atoms with Crippen LogP contribution in [0.5, 0.6) is 0 Å². The maximum Gasteiger partial charge on any atom is 0.330 e. The Balaban J connectivity index is 1.36. The van der Waals surface area contributed by atoms with Crippen molar-refractivity contribution in [3.8, 4) is 0 Å². The van der Waals surface area contributed by atoms with E-state index in [1.165, 1.54) is 6.92 Å². The quantitative estimate of drug-likeness (QED) is 0.370. The summed E-state index contributed by atoms with van der Waals surface area (Å²) in [5, 5.41) is 5.22. The Labute approximate surface area is 191 Å². The van der Waals surface area contributed by atoms with Gasteiger partial charge in [-0.3, -0.25) is 24.1 Å². The second kappa shape index (κ2) is 8.80. The first-order valence-electron chi connectivity index (χ1n) is 11.1. The van der Waals surface area contributed by atoms with E-state index in [1.54, 1.807) is 38.1 Å². The van der Waals surface area contributed by atoms with Gasteiger partial charge < -0.3 is 15.4 Å². The number of nitrogens with one attached hydrogen (secondary N) is 2. The summed E-state index contributed by atoms with van der Waals surface area (Å²) in [6, 6.07) is 5.39. The van der Waals surface area contributed by atoms with Crippen LogP contribution in [0, 0.1) is 29.6 Å². The summed E-state index contributed by atoms with van der Waals surface area (Å²) in [5.41, 5.74) is 1.05. The van der Waals surface area contributed by atoms with Crippen molar-refractivity contribution in [2.75, 3.05) is 17.2 Å². The number of hydrogen-bond donors (Lipinski definition) is 2. The van der Waals surface area contributed by atoms with Crippen molar-refractivity contribution in [3.05, 3.63) is 36.4 Å². The third-order valence-electron chi connectivity index (χ3n) is 6.49. The summed E-state index contributed by atoms with van der Waals surface area (Å²) in [6.07, 6.45) is 4.80. The van der Waals surface area contributed by atoms with Crippen LogP contribution in [0.2, 0.25) is 0 Å². The van der Waals surface area contributed by atoms with Crippen LogP contribution >= 0.6 is 0 Å². The summed E-state index contributed by atoms with van der Waals surface area (Å²) in [4.78, 5) is 63.4. The Hall–Kier alpha value is -3.49. The average molecular weight is 453 g/mol. The Morgan fingerprint density at radius 3 is 1.97 bits per heavy atom. The van der Waals surface area contributed by atoms with Crippen molar-refractivity contribution < 1.29 is 28.7 Å². The van der Waals surface area contributed by atoms with Gasteiger partial charge in [0.1, 0.15) is 6.04 Å². The molecule has 5 atom stereocenters. The zero-order valence-electron chi connectivity index (χ0n) is 18.7. The number of carbonyl (C=O) groups excluding carboxylic acids is 5. The van der Waals surface area contributed by atoms with Gasteiger partial charge in [0.15, 0.2) is 6.61 Å². The first-order chi connectivity index (χ1) is 15.7. The summed E-state index contributed by atoms with van der Waals surface area (Å²) < 4.78 is 5.21. The lowest BCUT2D eigenvalue weighted by Gasteiger charge is -2.28. The largest absolute Gasteiger partial charge is 0.454 e. The van der Waals surface area contributed by atoms with E-state index in [4.69, 9.17) is 4.74 Å². The molecule has 3 aliphatic rings. The molecule has 174 valence electrons. The highest BCUT2D eigenvalue weighted by atomic mass is 16.5. The van der Waals surface area contributed by atoms with Crippen molar-refractivity contribution in [2.45, 2.75) is 33.2 Å². The van der Waals surface area contributed by atoms with Gasteiger partial charge in [-0.2, -0.15) is 0 Å². The van der Waals surface area contributed by atoms with E-state index >= 15 is 0 Å². The standard InChI is InChI=1S/C24H27N3O6/c1-12(2)21(27-22(30)19-14-4-5-15(10-14)20(19)23(27)31)24(32)33-11-18(29)26-17-8-6-16(7-9-17)25-13(3)28/h4-9,12,14-15,19-21H,10-11H2,1-3H3,(H,25,28)(H,26,29)/t14-,15-,19-,20-,21-/m0/s1. The number of rotatable bonds is 7. The minimum atomic E-state index is -1.07. The number of nitrogens with zero attached hydrogens (tertiary/aromatic N) is 1. The molecule has 4 rings (SSSR count). The molecule has 2 aliphatic carbocycles. The second-order valence-electron chi connectivity index (χ2n) is 9.15. The molecule has 2 fully saturated rings. The number of fused-ring (bicyclic) bond motifs is 5. The lowest BCUT2D eigenvalue weighted by molar-refractivity contribution is -0.162. The molecule has 0 unspecified atom stereocenters. The third-order valence-corrected chi connectivity index (χ3v) is 6.49. The summed E-state index contributed by atoms with van der Waals surface area (Å²) in [5.74, 6) is -3.24. The lowest BCUT2D eigenvalue weighted by Crippen LogP contribution is -2.50. The van der Waals surface area contributed by atoms with E-state index in [9.17, 15) is 24.0 Å². The lowest BCUT2D eigenvalue weighted by atomic mass is 9.85. The van der Waals surface area contributed by atoms with Crippen molar-refractivity contribution in [1.82, 2.24) is 4.90 Å². The van der Waals surface area contributed by atoms with Crippen LogP contribution in [0.3, 0.4) is 0 Å². The van der Waals surface area contributed by atoms with Crippen molar-refractivity contribution in [2.24, 2.45) is 29.6 Å². The van der Waals surface area contributed by atoms with Crippen LogP contribution in [0.1, 0.15) is 27.2 Å². The number of anilines is 2. The number of ether oxygens (including phenoxy) is 1. The molecule has 1 saturated heterocycles. The fraction of sp³-hybridized carbons (Fsp3) is 0.458. The Bertz CT molecular complexity index is 1000. The van der Waals surface area contributed by atoms with E-state index < -0.39 is 36.4 Å². The van der Waals surface area contributed by atoms with E-state index in [0.29, 0.717) is 11.4 Å². The molecule has 0 spiro atoms. The van der Waals surface area contributed by atoms with E-state index in [1.807, 2.05) is 12.2 Å². The van der Waals surface area contributed by atoms with Gasteiger partial charge in [0.2, 0.25) is 17.7 Å². The molecule has 9 nitrogen and oxygen atoms in total. The molecule has 2 bridgehead atoms. The highest BCUT2D eigenvalue weighted by Crippen LogP contribution is 2.53. The molecule has 9 heteroatoms. The van der Waals surface area contributed by atoms with Crippen molar-refractivity contribution >= 4 is 41.0 Å². The van der Waals surface area contributed by atoms with Gasteiger partial charge in [-0.1, -0.05) is 26.0 Å². The predicted octanol–water partition coefficient (Wildman–Crippen LogP) is 1.96. The molecule has 2 N–H and O–H groups in total. The normalized spacial score (nSPS) is 25.9. The molecule has 0 aromatic heterocycles. The molecule has 4 amide bonds. The third kappa shape index (κ3) is 4.27. The first-order valence-corrected chi connectivity index (χ1v) is 11.1. The summed E-state index contributed by atoms with van der Waals surface area (Å²) >= 11 is 0. The molecule has 0 radical (unpaired) electrons. The fourth-order valence-electron chi connectivity index (χ4n) is 5.13. The van der Waals surface area contributed by atoms with Gasteiger partial charge in [-0.25, -0.2) is 4.79 Å². The molecule has 1 aliphatic heterocycles. The van der Waals surface area contributed by atoms with Crippen LogP contribution < -0.4 is 10.6 Å². The first kappa shape index (κ1) is 22.7. The van der Waals surface area contributed by atoms with Crippen LogP contribution in [-0.2, 0) is 28.7 Å². The minimum absolute atomic E-state index is 0.0492. The van der Waals surface area contributed by atoms with Gasteiger partial charge >= 0.3 is 5.97 Å². The number of imide groups is 1. The SMILES string of the molecule is CC(=O)Nc1ccc(NC(=O)COC(=O)[C@H](C(C)C)N2C(=O)[C@@H]3[C@@H](C2=O)[C@H]2C=C[C@H]3C2)cc1. The van der Waals surface area contributed by atoms with E-state index in [2.05, 4.69) is 10.6 Å². The number of likely N-dealkylation sites (tertiary alicyclic amines) is 1. The highest BCUT2D eigenvalue weighted by molar-refractivity contribution is 6.09. The molecule has 1 aromatic carbocycles. The van der Waals surface area contributed by atoms with Gasteiger partial charge in [-0.05, 0) is 48.4 Å². The fourth-order valence-corrected chi connectivity index (χ4v) is 5.13. The van der Waals surface area contributed by atoms with Crippen LogP contribution in [0.4, 0.5) is 11.4 Å².